The van der Waals surface area contributed by atoms with E-state index in [-0.39, 0.29) is 23.5 Å². The van der Waals surface area contributed by atoms with Crippen molar-refractivity contribution in [1.29, 1.82) is 0 Å². The van der Waals surface area contributed by atoms with Gasteiger partial charge in [-0.2, -0.15) is 17.5 Å². The van der Waals surface area contributed by atoms with E-state index in [0.29, 0.717) is 32.0 Å². The number of alkyl halides is 3. The van der Waals surface area contributed by atoms with E-state index >= 15 is 0 Å². The normalized spacial score (nSPS) is 20.0. The minimum Gasteiger partial charge on any atom is -0.314 e. The minimum absolute atomic E-state index is 0. The predicted molar refractivity (Wildman–Crippen MR) is 96.2 cm³/mol. The van der Waals surface area contributed by atoms with Crippen LogP contribution in [0.3, 0.4) is 0 Å². The molecule has 0 bridgehead atoms. The van der Waals surface area contributed by atoms with Crippen LogP contribution in [0.2, 0.25) is 5.02 Å². The smallest absolute Gasteiger partial charge is 0.314 e. The minimum atomic E-state index is -4.64. The molecular weight excluding hydrogens is 412 g/mol. The van der Waals surface area contributed by atoms with Crippen molar-refractivity contribution in [2.24, 2.45) is 5.92 Å². The highest BCUT2D eigenvalue weighted by Gasteiger charge is 2.35. The van der Waals surface area contributed by atoms with Gasteiger partial charge in [0, 0.05) is 24.2 Å². The number of rotatable bonds is 5. The van der Waals surface area contributed by atoms with Crippen molar-refractivity contribution in [1.82, 2.24) is 9.62 Å². The molecule has 26 heavy (non-hydrogen) atoms. The Bertz CT molecular complexity index is 732. The van der Waals surface area contributed by atoms with Crippen molar-refractivity contribution >= 4 is 34.0 Å². The second kappa shape index (κ2) is 8.22. The van der Waals surface area contributed by atoms with Crippen LogP contribution in [0, 0.1) is 5.92 Å². The summed E-state index contributed by atoms with van der Waals surface area (Å²) in [6.45, 7) is 1.54. The molecule has 0 spiro atoms. The molecule has 0 amide bonds. The maximum atomic E-state index is 12.9. The van der Waals surface area contributed by atoms with Crippen molar-refractivity contribution in [3.05, 3.63) is 28.8 Å². The van der Waals surface area contributed by atoms with E-state index in [2.05, 4.69) is 5.32 Å². The lowest BCUT2D eigenvalue weighted by atomic mass is 10.1. The van der Waals surface area contributed by atoms with E-state index in [0.717, 1.165) is 24.6 Å². The van der Waals surface area contributed by atoms with E-state index in [1.54, 1.807) is 0 Å². The third-order valence-corrected chi connectivity index (χ3v) is 6.78. The molecule has 0 aromatic heterocycles. The highest BCUT2D eigenvalue weighted by Crippen LogP contribution is 2.34. The molecular formula is C16H21Cl2F3N2O2S. The van der Waals surface area contributed by atoms with Crippen LogP contribution in [0.4, 0.5) is 13.2 Å². The van der Waals surface area contributed by atoms with Gasteiger partial charge in [0.25, 0.3) is 0 Å². The molecule has 0 radical (unpaired) electrons. The monoisotopic (exact) mass is 432 g/mol. The molecule has 148 valence electrons. The van der Waals surface area contributed by atoms with Gasteiger partial charge in [0.05, 0.1) is 10.5 Å². The molecule has 1 aromatic carbocycles. The zero-order valence-corrected chi connectivity index (χ0v) is 16.3. The Labute approximate surface area is 162 Å². The SMILES string of the molecule is Cl.O=S(=O)(c1cc(Cl)cc(C(F)(F)F)c1)N1CCC(NCC2CC2)CC1. The fourth-order valence-corrected chi connectivity index (χ4v) is 4.82. The van der Waals surface area contributed by atoms with Crippen LogP contribution in [-0.4, -0.2) is 38.4 Å². The molecule has 1 heterocycles. The second-order valence-electron chi connectivity index (χ2n) is 6.70. The van der Waals surface area contributed by atoms with Crippen LogP contribution in [-0.2, 0) is 16.2 Å². The fraction of sp³-hybridized carbons (Fsp3) is 0.625. The van der Waals surface area contributed by atoms with Crippen LogP contribution in [0.25, 0.3) is 0 Å². The zero-order valence-electron chi connectivity index (χ0n) is 13.9. The number of piperidine rings is 1. The lowest BCUT2D eigenvalue weighted by molar-refractivity contribution is -0.137. The summed E-state index contributed by atoms with van der Waals surface area (Å²) in [6.07, 6.45) is -0.848. The quantitative estimate of drug-likeness (QED) is 0.766. The van der Waals surface area contributed by atoms with Crippen molar-refractivity contribution in [3.8, 4) is 0 Å². The number of hydrogen-bond acceptors (Lipinski definition) is 3. The number of nitrogens with one attached hydrogen (secondary N) is 1. The third-order valence-electron chi connectivity index (χ3n) is 4.68. The largest absolute Gasteiger partial charge is 0.416 e. The molecule has 1 aliphatic carbocycles. The molecule has 1 saturated heterocycles. The van der Waals surface area contributed by atoms with Crippen molar-refractivity contribution in [3.63, 3.8) is 0 Å². The first-order valence-electron chi connectivity index (χ1n) is 8.27. The summed E-state index contributed by atoms with van der Waals surface area (Å²) < 4.78 is 65.3. The van der Waals surface area contributed by atoms with E-state index in [4.69, 9.17) is 11.6 Å². The van der Waals surface area contributed by atoms with Gasteiger partial charge in [-0.1, -0.05) is 11.6 Å². The molecule has 1 aromatic rings. The maximum absolute atomic E-state index is 12.9. The molecule has 2 fully saturated rings. The summed E-state index contributed by atoms with van der Waals surface area (Å²) in [4.78, 5) is -0.406. The van der Waals surface area contributed by atoms with Crippen molar-refractivity contribution < 1.29 is 21.6 Å². The van der Waals surface area contributed by atoms with Gasteiger partial charge in [-0.05, 0) is 56.3 Å². The molecule has 1 N–H and O–H groups in total. The Morgan fingerprint density at radius 2 is 1.73 bits per heavy atom. The fourth-order valence-electron chi connectivity index (χ4n) is 2.98. The average molecular weight is 433 g/mol. The molecule has 2 aliphatic rings. The molecule has 0 atom stereocenters. The van der Waals surface area contributed by atoms with Gasteiger partial charge in [0.15, 0.2) is 0 Å². The van der Waals surface area contributed by atoms with Crippen LogP contribution in [0.5, 0.6) is 0 Å². The van der Waals surface area contributed by atoms with Gasteiger partial charge in [-0.15, -0.1) is 12.4 Å². The van der Waals surface area contributed by atoms with Gasteiger partial charge < -0.3 is 5.32 Å². The van der Waals surface area contributed by atoms with Crippen molar-refractivity contribution in [2.75, 3.05) is 19.6 Å². The molecule has 0 unspecified atom stereocenters. The van der Waals surface area contributed by atoms with Gasteiger partial charge in [-0.3, -0.25) is 0 Å². The molecule has 4 nitrogen and oxygen atoms in total. The first kappa shape index (κ1) is 21.8. The summed E-state index contributed by atoms with van der Waals surface area (Å²) in [5, 5.41) is 3.20. The average Bonchev–Trinajstić information content (AvgIpc) is 3.36. The van der Waals surface area contributed by atoms with E-state index in [1.807, 2.05) is 0 Å². The Kier molecular flexibility index (Phi) is 6.88. The molecule has 1 saturated carbocycles. The van der Waals surface area contributed by atoms with Crippen LogP contribution in [0.1, 0.15) is 31.2 Å². The van der Waals surface area contributed by atoms with Crippen LogP contribution >= 0.6 is 24.0 Å². The number of benzene rings is 1. The summed E-state index contributed by atoms with van der Waals surface area (Å²) in [5.74, 6) is 0.744. The summed E-state index contributed by atoms with van der Waals surface area (Å²) in [7, 11) is -3.99. The van der Waals surface area contributed by atoms with E-state index < -0.39 is 26.7 Å². The summed E-state index contributed by atoms with van der Waals surface area (Å²) in [5.41, 5.74) is -1.06. The number of nitrogens with zero attached hydrogens (tertiary/aromatic N) is 1. The molecule has 3 rings (SSSR count). The first-order chi connectivity index (χ1) is 11.7. The summed E-state index contributed by atoms with van der Waals surface area (Å²) >= 11 is 5.71. The zero-order chi connectivity index (χ0) is 18.2. The van der Waals surface area contributed by atoms with Crippen LogP contribution < -0.4 is 5.32 Å². The molecule has 1 aliphatic heterocycles. The standard InChI is InChI=1S/C16H20ClF3N2O2S.ClH/c17-13-7-12(16(18,19)20)8-15(9-13)25(23,24)22-5-3-14(4-6-22)21-10-11-1-2-11;/h7-9,11,14,21H,1-6,10H2;1H. The Morgan fingerprint density at radius 3 is 2.27 bits per heavy atom. The van der Waals surface area contributed by atoms with Crippen molar-refractivity contribution in [2.45, 2.75) is 42.8 Å². The number of hydrogen-bond donors (Lipinski definition) is 1. The Hall–Kier alpha value is -0.540. The van der Waals surface area contributed by atoms with Gasteiger partial charge in [0.1, 0.15) is 0 Å². The number of halogens is 5. The van der Waals surface area contributed by atoms with E-state index in [9.17, 15) is 21.6 Å². The number of sulfonamides is 1. The highest BCUT2D eigenvalue weighted by atomic mass is 35.5. The van der Waals surface area contributed by atoms with Gasteiger partial charge >= 0.3 is 6.18 Å². The summed E-state index contributed by atoms with van der Waals surface area (Å²) in [6, 6.07) is 2.72. The lowest BCUT2D eigenvalue weighted by Gasteiger charge is -2.32. The predicted octanol–water partition coefficient (Wildman–Crippen LogP) is 3.93. The third kappa shape index (κ3) is 5.25. The maximum Gasteiger partial charge on any atom is 0.416 e. The van der Waals surface area contributed by atoms with Crippen LogP contribution in [0.15, 0.2) is 23.1 Å². The Morgan fingerprint density at radius 1 is 1.12 bits per heavy atom. The lowest BCUT2D eigenvalue weighted by Crippen LogP contribution is -2.45. The van der Waals surface area contributed by atoms with E-state index in [1.165, 1.54) is 17.1 Å². The molecule has 10 heteroatoms. The Balaban J connectivity index is 0.00000243. The van der Waals surface area contributed by atoms with Gasteiger partial charge in [-0.25, -0.2) is 8.42 Å². The highest BCUT2D eigenvalue weighted by molar-refractivity contribution is 7.89. The first-order valence-corrected chi connectivity index (χ1v) is 10.1. The second-order valence-corrected chi connectivity index (χ2v) is 9.08. The topological polar surface area (TPSA) is 49.4 Å². The van der Waals surface area contributed by atoms with Gasteiger partial charge in [0.2, 0.25) is 10.0 Å².